The Morgan fingerprint density at radius 3 is 2.51 bits per heavy atom. The van der Waals surface area contributed by atoms with Gasteiger partial charge in [0.1, 0.15) is 24.1 Å². The molecule has 0 bridgehead atoms. The van der Waals surface area contributed by atoms with Crippen LogP contribution in [-0.4, -0.2) is 41.7 Å². The van der Waals surface area contributed by atoms with E-state index < -0.39 is 26.1 Å². The van der Waals surface area contributed by atoms with Gasteiger partial charge in [-0.2, -0.15) is 5.10 Å². The second kappa shape index (κ2) is 10.5. The molecule has 0 saturated carbocycles. The van der Waals surface area contributed by atoms with Gasteiger partial charge in [0.15, 0.2) is 0 Å². The van der Waals surface area contributed by atoms with E-state index in [1.165, 1.54) is 36.5 Å². The summed E-state index contributed by atoms with van der Waals surface area (Å²) < 4.78 is 49.6. The molecule has 0 aliphatic heterocycles. The zero-order valence-electron chi connectivity index (χ0n) is 19.9. The summed E-state index contributed by atoms with van der Waals surface area (Å²) in [5, 5.41) is 6.86. The van der Waals surface area contributed by atoms with Crippen LogP contribution in [0.5, 0.6) is 5.75 Å². The number of amides is 1. The van der Waals surface area contributed by atoms with Crippen LogP contribution in [0.2, 0.25) is 25.7 Å². The zero-order chi connectivity index (χ0) is 25.8. The third-order valence-electron chi connectivity index (χ3n) is 5.13. The van der Waals surface area contributed by atoms with Gasteiger partial charge in [-0.3, -0.25) is 4.79 Å². The number of ether oxygens (including phenoxy) is 2. The third kappa shape index (κ3) is 7.30. The Morgan fingerprint density at radius 2 is 1.86 bits per heavy atom. The van der Waals surface area contributed by atoms with E-state index in [1.54, 1.807) is 17.7 Å². The van der Waals surface area contributed by atoms with E-state index >= 15 is 0 Å². The standard InChI is InChI=1S/C23H28F3N5O3Si/c1-15-18(13-28-31(15)14-33-11-12-35(2,3)4)22(32)30-20-10-9-17(21(27)29-20)16-7-5-6-8-19(16)34-23(24,25)26/h5-10,13H,11-12,14H2,1-4H3,(H3,27,29,30,32). The highest BCUT2D eigenvalue weighted by Gasteiger charge is 2.32. The molecular formula is C23H28F3N5O3Si. The number of para-hydroxylation sites is 1. The van der Waals surface area contributed by atoms with E-state index in [0.29, 0.717) is 17.9 Å². The predicted molar refractivity (Wildman–Crippen MR) is 130 cm³/mol. The number of anilines is 2. The topological polar surface area (TPSA) is 104 Å². The summed E-state index contributed by atoms with van der Waals surface area (Å²) >= 11 is 0. The van der Waals surface area contributed by atoms with Gasteiger partial charge in [0, 0.05) is 25.8 Å². The molecule has 1 aromatic carbocycles. The highest BCUT2D eigenvalue weighted by atomic mass is 28.3. The Hall–Kier alpha value is -3.38. The lowest BCUT2D eigenvalue weighted by Gasteiger charge is -2.15. The van der Waals surface area contributed by atoms with Crippen LogP contribution >= 0.6 is 0 Å². The number of halogens is 3. The van der Waals surface area contributed by atoms with Crippen molar-refractivity contribution < 1.29 is 27.4 Å². The lowest BCUT2D eigenvalue weighted by Crippen LogP contribution is -2.22. The fourth-order valence-corrected chi connectivity index (χ4v) is 3.94. The molecule has 3 rings (SSSR count). The van der Waals surface area contributed by atoms with Crippen molar-refractivity contribution in [3.63, 3.8) is 0 Å². The van der Waals surface area contributed by atoms with Gasteiger partial charge in [0.25, 0.3) is 5.91 Å². The summed E-state index contributed by atoms with van der Waals surface area (Å²) in [5.41, 5.74) is 7.33. The van der Waals surface area contributed by atoms with Gasteiger partial charge in [0.05, 0.1) is 17.5 Å². The molecule has 8 nitrogen and oxygen atoms in total. The molecule has 0 atom stereocenters. The van der Waals surface area contributed by atoms with Crippen molar-refractivity contribution in [2.75, 3.05) is 17.7 Å². The van der Waals surface area contributed by atoms with Gasteiger partial charge in [-0.25, -0.2) is 9.67 Å². The first-order valence-corrected chi connectivity index (χ1v) is 14.6. The van der Waals surface area contributed by atoms with E-state index in [4.69, 9.17) is 10.5 Å². The van der Waals surface area contributed by atoms with Gasteiger partial charge in [-0.1, -0.05) is 37.8 Å². The fraction of sp³-hybridized carbons (Fsp3) is 0.348. The van der Waals surface area contributed by atoms with E-state index in [-0.39, 0.29) is 29.5 Å². The van der Waals surface area contributed by atoms with Crippen molar-refractivity contribution in [3.8, 4) is 16.9 Å². The Bertz CT molecular complexity index is 1190. The minimum absolute atomic E-state index is 0.0655. The molecule has 2 heterocycles. The smallest absolute Gasteiger partial charge is 0.405 e. The number of nitrogens with zero attached hydrogens (tertiary/aromatic N) is 3. The Morgan fingerprint density at radius 1 is 1.14 bits per heavy atom. The molecular weight excluding hydrogens is 479 g/mol. The molecule has 35 heavy (non-hydrogen) atoms. The van der Waals surface area contributed by atoms with Gasteiger partial charge in [-0.15, -0.1) is 13.2 Å². The molecule has 0 aliphatic rings. The molecule has 0 spiro atoms. The molecule has 1 amide bonds. The van der Waals surface area contributed by atoms with Crippen molar-refractivity contribution in [2.24, 2.45) is 0 Å². The number of hydrogen-bond acceptors (Lipinski definition) is 6. The largest absolute Gasteiger partial charge is 0.573 e. The average Bonchev–Trinajstić information content (AvgIpc) is 3.11. The first-order chi connectivity index (χ1) is 16.3. The maximum Gasteiger partial charge on any atom is 0.573 e. The average molecular weight is 508 g/mol. The fourth-order valence-electron chi connectivity index (χ4n) is 3.19. The van der Waals surface area contributed by atoms with Crippen molar-refractivity contribution in [1.29, 1.82) is 0 Å². The summed E-state index contributed by atoms with van der Waals surface area (Å²) in [6.45, 7) is 9.42. The molecule has 0 unspecified atom stereocenters. The van der Waals surface area contributed by atoms with Crippen LogP contribution in [-0.2, 0) is 11.5 Å². The molecule has 12 heteroatoms. The van der Waals surface area contributed by atoms with Gasteiger partial charge >= 0.3 is 6.36 Å². The number of carbonyl (C=O) groups is 1. The molecule has 0 saturated heterocycles. The molecule has 0 radical (unpaired) electrons. The monoisotopic (exact) mass is 507 g/mol. The number of hydrogen-bond donors (Lipinski definition) is 2. The zero-order valence-corrected chi connectivity index (χ0v) is 20.9. The van der Waals surface area contributed by atoms with Crippen molar-refractivity contribution in [2.45, 2.75) is 45.7 Å². The van der Waals surface area contributed by atoms with E-state index in [1.807, 2.05) is 0 Å². The quantitative estimate of drug-likeness (QED) is 0.301. The molecule has 3 aromatic rings. The maximum absolute atomic E-state index is 12.8. The number of benzene rings is 1. The first kappa shape index (κ1) is 26.2. The Kier molecular flexibility index (Phi) is 7.85. The van der Waals surface area contributed by atoms with Gasteiger partial charge in [-0.05, 0) is 31.2 Å². The van der Waals surface area contributed by atoms with E-state index in [2.05, 4.69) is 39.8 Å². The van der Waals surface area contributed by atoms with Crippen molar-refractivity contribution in [1.82, 2.24) is 14.8 Å². The highest BCUT2D eigenvalue weighted by Crippen LogP contribution is 2.36. The number of rotatable bonds is 9. The molecule has 3 N–H and O–H groups in total. The second-order valence-electron chi connectivity index (χ2n) is 9.12. The number of pyridine rings is 1. The molecule has 188 valence electrons. The second-order valence-corrected chi connectivity index (χ2v) is 14.7. The Balaban J connectivity index is 1.70. The number of nitrogens with one attached hydrogen (secondary N) is 1. The van der Waals surface area contributed by atoms with E-state index in [0.717, 1.165) is 6.04 Å². The van der Waals surface area contributed by atoms with Crippen LogP contribution in [0.4, 0.5) is 24.8 Å². The summed E-state index contributed by atoms with van der Waals surface area (Å²) in [6.07, 6.45) is -3.41. The van der Waals surface area contributed by atoms with Crippen LogP contribution in [0.3, 0.4) is 0 Å². The van der Waals surface area contributed by atoms with Crippen LogP contribution < -0.4 is 15.8 Å². The summed E-state index contributed by atoms with van der Waals surface area (Å²) in [7, 11) is -1.20. The summed E-state index contributed by atoms with van der Waals surface area (Å²) in [6, 6.07) is 9.55. The minimum Gasteiger partial charge on any atom is -0.405 e. The Labute approximate surface area is 202 Å². The van der Waals surface area contributed by atoms with Gasteiger partial charge in [0.2, 0.25) is 0 Å². The number of nitrogen functional groups attached to an aromatic ring is 1. The first-order valence-electron chi connectivity index (χ1n) is 10.9. The summed E-state index contributed by atoms with van der Waals surface area (Å²) in [5.74, 6) is -0.773. The highest BCUT2D eigenvalue weighted by molar-refractivity contribution is 6.76. The lowest BCUT2D eigenvalue weighted by atomic mass is 10.1. The predicted octanol–water partition coefficient (Wildman–Crippen LogP) is 5.30. The molecule has 0 aliphatic carbocycles. The maximum atomic E-state index is 12.8. The van der Waals surface area contributed by atoms with Crippen LogP contribution in [0.25, 0.3) is 11.1 Å². The number of aromatic nitrogens is 3. The SMILES string of the molecule is Cc1c(C(=O)Nc2ccc(-c3ccccc3OC(F)(F)F)c(N)n2)cnn1COCC[Si](C)(C)C. The van der Waals surface area contributed by atoms with Gasteiger partial charge < -0.3 is 20.5 Å². The van der Waals surface area contributed by atoms with Crippen LogP contribution in [0, 0.1) is 6.92 Å². The van der Waals surface area contributed by atoms with Crippen LogP contribution in [0.1, 0.15) is 16.1 Å². The van der Waals surface area contributed by atoms with Crippen LogP contribution in [0.15, 0.2) is 42.6 Å². The normalized spacial score (nSPS) is 12.0. The van der Waals surface area contributed by atoms with E-state index in [9.17, 15) is 18.0 Å². The van der Waals surface area contributed by atoms with Crippen molar-refractivity contribution >= 4 is 25.6 Å². The minimum atomic E-state index is -4.85. The summed E-state index contributed by atoms with van der Waals surface area (Å²) in [4.78, 5) is 16.9. The molecule has 0 fully saturated rings. The number of alkyl halides is 3. The number of carbonyl (C=O) groups excluding carboxylic acids is 1. The molecule has 2 aromatic heterocycles. The third-order valence-corrected chi connectivity index (χ3v) is 6.83. The van der Waals surface area contributed by atoms with Crippen molar-refractivity contribution in [3.05, 3.63) is 53.9 Å². The lowest BCUT2D eigenvalue weighted by molar-refractivity contribution is -0.274. The number of nitrogens with two attached hydrogens (primary N) is 1.